The highest BCUT2D eigenvalue weighted by Crippen LogP contribution is 2.34. The molecule has 1 aromatic carbocycles. The van der Waals surface area contributed by atoms with Crippen molar-refractivity contribution in [2.24, 2.45) is 0 Å². The molecule has 0 saturated heterocycles. The Bertz CT molecular complexity index is 1150. The van der Waals surface area contributed by atoms with Crippen molar-refractivity contribution in [3.63, 3.8) is 0 Å². The molecule has 5 rings (SSSR count). The van der Waals surface area contributed by atoms with Gasteiger partial charge in [-0.15, -0.1) is 11.3 Å². The van der Waals surface area contributed by atoms with E-state index in [4.69, 9.17) is 13.9 Å². The van der Waals surface area contributed by atoms with E-state index in [1.54, 1.807) is 28.4 Å². The number of hydrogen-bond acceptors (Lipinski definition) is 6. The maximum atomic E-state index is 14.0. The molecule has 35 heavy (non-hydrogen) atoms. The zero-order valence-electron chi connectivity index (χ0n) is 19.8. The third kappa shape index (κ3) is 5.37. The minimum Gasteiger partial charge on any atom is -0.485 e. The molecule has 7 nitrogen and oxygen atoms in total. The summed E-state index contributed by atoms with van der Waals surface area (Å²) in [6.45, 7) is 2.17. The van der Waals surface area contributed by atoms with Crippen LogP contribution in [0.1, 0.15) is 54.5 Å². The number of carbonyl (C=O) groups excluding carboxylic acids is 2. The van der Waals surface area contributed by atoms with Gasteiger partial charge in [0.05, 0.1) is 6.54 Å². The number of nitrogens with one attached hydrogen (secondary N) is 1. The minimum absolute atomic E-state index is 0.0743. The van der Waals surface area contributed by atoms with Crippen molar-refractivity contribution in [1.82, 2.24) is 10.2 Å². The lowest BCUT2D eigenvalue weighted by Gasteiger charge is -2.35. The highest BCUT2D eigenvalue weighted by atomic mass is 32.1. The molecule has 184 valence electrons. The van der Waals surface area contributed by atoms with E-state index in [1.807, 2.05) is 48.7 Å². The SMILES string of the molecule is Cc1ccc([C@@H](C(=O)NC2CCCCC2)N(Cc2cccs2)C(=O)[C@@H]2COc3ccccc3O2)o1. The van der Waals surface area contributed by atoms with Crippen molar-refractivity contribution in [3.05, 3.63) is 70.3 Å². The number of furan rings is 1. The van der Waals surface area contributed by atoms with Crippen LogP contribution in [0.15, 0.2) is 58.3 Å². The van der Waals surface area contributed by atoms with Crippen molar-refractivity contribution >= 4 is 23.2 Å². The summed E-state index contributed by atoms with van der Waals surface area (Å²) in [6.07, 6.45) is 4.41. The second kappa shape index (κ2) is 10.6. The average molecular weight is 495 g/mol. The van der Waals surface area contributed by atoms with Crippen molar-refractivity contribution in [3.8, 4) is 11.5 Å². The topological polar surface area (TPSA) is 81.0 Å². The van der Waals surface area contributed by atoms with Gasteiger partial charge in [0.2, 0.25) is 6.10 Å². The molecule has 2 amide bonds. The maximum absolute atomic E-state index is 14.0. The Morgan fingerprint density at radius 2 is 1.86 bits per heavy atom. The van der Waals surface area contributed by atoms with E-state index in [2.05, 4.69) is 5.32 Å². The summed E-state index contributed by atoms with van der Waals surface area (Å²) < 4.78 is 17.8. The van der Waals surface area contributed by atoms with Crippen LogP contribution in [0.3, 0.4) is 0 Å². The molecule has 1 aliphatic heterocycles. The standard InChI is InChI=1S/C27H30N2O5S/c1-18-13-14-23(33-18)25(26(30)28-19-8-3-2-4-9-19)29(16-20-10-7-15-35-20)27(31)24-17-32-21-11-5-6-12-22(21)34-24/h5-7,10-15,19,24-25H,2-4,8-9,16-17H2,1H3,(H,28,30)/t24-,25-/m0/s1. The molecule has 1 saturated carbocycles. The van der Waals surface area contributed by atoms with Crippen LogP contribution >= 0.6 is 11.3 Å². The molecule has 0 bridgehead atoms. The van der Waals surface area contributed by atoms with E-state index in [0.717, 1.165) is 30.6 Å². The van der Waals surface area contributed by atoms with Gasteiger partial charge >= 0.3 is 0 Å². The lowest BCUT2D eigenvalue weighted by atomic mass is 9.95. The van der Waals surface area contributed by atoms with Crippen molar-refractivity contribution in [2.45, 2.75) is 63.8 Å². The van der Waals surface area contributed by atoms with Gasteiger partial charge in [-0.2, -0.15) is 0 Å². The predicted molar refractivity (Wildman–Crippen MR) is 132 cm³/mol. The molecule has 0 radical (unpaired) electrons. The Morgan fingerprint density at radius 1 is 1.06 bits per heavy atom. The van der Waals surface area contributed by atoms with Crippen LogP contribution in [0.25, 0.3) is 0 Å². The van der Waals surface area contributed by atoms with Gasteiger partial charge in [0.25, 0.3) is 11.8 Å². The molecule has 2 aliphatic rings. The first-order valence-corrected chi connectivity index (χ1v) is 13.0. The van der Waals surface area contributed by atoms with Crippen LogP contribution in [0, 0.1) is 6.92 Å². The summed E-state index contributed by atoms with van der Waals surface area (Å²) in [7, 11) is 0. The number of nitrogens with zero attached hydrogens (tertiary/aromatic N) is 1. The highest BCUT2D eigenvalue weighted by Gasteiger charge is 2.40. The minimum atomic E-state index is -0.916. The lowest BCUT2D eigenvalue weighted by Crippen LogP contribution is -2.51. The van der Waals surface area contributed by atoms with Crippen molar-refractivity contribution < 1.29 is 23.5 Å². The van der Waals surface area contributed by atoms with E-state index in [0.29, 0.717) is 23.0 Å². The third-order valence-electron chi connectivity index (χ3n) is 6.52. The molecule has 8 heteroatoms. The molecule has 1 fully saturated rings. The number of thiophene rings is 1. The average Bonchev–Trinajstić information content (AvgIpc) is 3.55. The largest absolute Gasteiger partial charge is 0.485 e. The monoisotopic (exact) mass is 494 g/mol. The highest BCUT2D eigenvalue weighted by molar-refractivity contribution is 7.09. The fourth-order valence-corrected chi connectivity index (χ4v) is 5.45. The van der Waals surface area contributed by atoms with Crippen LogP contribution in [0.5, 0.6) is 11.5 Å². The molecule has 1 aliphatic carbocycles. The Labute approximate surface area is 209 Å². The second-order valence-electron chi connectivity index (χ2n) is 9.10. The Balaban J connectivity index is 1.46. The maximum Gasteiger partial charge on any atom is 0.268 e. The smallest absolute Gasteiger partial charge is 0.268 e. The molecular formula is C27H30N2O5S. The number of fused-ring (bicyclic) bond motifs is 1. The molecule has 2 aromatic heterocycles. The zero-order chi connectivity index (χ0) is 24.2. The number of rotatable bonds is 7. The summed E-state index contributed by atoms with van der Waals surface area (Å²) in [4.78, 5) is 30.2. The zero-order valence-corrected chi connectivity index (χ0v) is 20.6. The number of aryl methyl sites for hydroxylation is 1. The Kier molecular flexibility index (Phi) is 7.08. The van der Waals surface area contributed by atoms with Gasteiger partial charge in [-0.1, -0.05) is 37.5 Å². The number of amides is 2. The van der Waals surface area contributed by atoms with Crippen LogP contribution in [0.4, 0.5) is 0 Å². The van der Waals surface area contributed by atoms with E-state index < -0.39 is 12.1 Å². The van der Waals surface area contributed by atoms with E-state index in [1.165, 1.54) is 6.42 Å². The van der Waals surface area contributed by atoms with Crippen LogP contribution in [0.2, 0.25) is 0 Å². The number of hydrogen-bond donors (Lipinski definition) is 1. The molecule has 3 heterocycles. The van der Waals surface area contributed by atoms with Gasteiger partial charge in [-0.05, 0) is 55.5 Å². The van der Waals surface area contributed by atoms with Crippen molar-refractivity contribution in [2.75, 3.05) is 6.61 Å². The fourth-order valence-electron chi connectivity index (χ4n) is 4.74. The quantitative estimate of drug-likeness (QED) is 0.500. The summed E-state index contributed by atoms with van der Waals surface area (Å²) in [5, 5.41) is 5.16. The fraction of sp³-hybridized carbons (Fsp3) is 0.407. The van der Waals surface area contributed by atoms with Gasteiger partial charge in [-0.3, -0.25) is 9.59 Å². The molecule has 1 N–H and O–H groups in total. The lowest BCUT2D eigenvalue weighted by molar-refractivity contribution is -0.150. The van der Waals surface area contributed by atoms with Gasteiger partial charge in [0.15, 0.2) is 17.5 Å². The van der Waals surface area contributed by atoms with Crippen LogP contribution in [-0.4, -0.2) is 35.5 Å². The Morgan fingerprint density at radius 3 is 2.57 bits per heavy atom. The van der Waals surface area contributed by atoms with Gasteiger partial charge in [0.1, 0.15) is 18.1 Å². The molecule has 2 atom stereocenters. The number of benzene rings is 1. The third-order valence-corrected chi connectivity index (χ3v) is 7.38. The van der Waals surface area contributed by atoms with Gasteiger partial charge in [-0.25, -0.2) is 0 Å². The van der Waals surface area contributed by atoms with E-state index in [-0.39, 0.29) is 31.0 Å². The summed E-state index contributed by atoms with van der Waals surface area (Å²) in [5.41, 5.74) is 0. The number of ether oxygens (including phenoxy) is 2. The number of carbonyl (C=O) groups is 2. The Hall–Kier alpha value is -3.26. The van der Waals surface area contributed by atoms with E-state index in [9.17, 15) is 9.59 Å². The molecular weight excluding hydrogens is 464 g/mol. The summed E-state index contributed by atoms with van der Waals surface area (Å²) in [6, 6.07) is 14.0. The van der Waals surface area contributed by atoms with Crippen LogP contribution < -0.4 is 14.8 Å². The first-order chi connectivity index (χ1) is 17.1. The second-order valence-corrected chi connectivity index (χ2v) is 10.1. The summed E-state index contributed by atoms with van der Waals surface area (Å²) >= 11 is 1.54. The number of para-hydroxylation sites is 2. The summed E-state index contributed by atoms with van der Waals surface area (Å²) in [5.74, 6) is 1.71. The first-order valence-electron chi connectivity index (χ1n) is 12.2. The molecule has 0 spiro atoms. The van der Waals surface area contributed by atoms with Crippen molar-refractivity contribution in [1.29, 1.82) is 0 Å². The molecule has 0 unspecified atom stereocenters. The van der Waals surface area contributed by atoms with E-state index >= 15 is 0 Å². The van der Waals surface area contributed by atoms with Gasteiger partial charge in [0, 0.05) is 10.9 Å². The first kappa shape index (κ1) is 23.5. The van der Waals surface area contributed by atoms with Gasteiger partial charge < -0.3 is 24.1 Å². The predicted octanol–water partition coefficient (Wildman–Crippen LogP) is 5.01. The van der Waals surface area contributed by atoms with Crippen LogP contribution in [-0.2, 0) is 16.1 Å². The molecule has 3 aromatic rings. The normalized spacial score (nSPS) is 18.6.